The van der Waals surface area contributed by atoms with Crippen LogP contribution in [0.3, 0.4) is 0 Å². The van der Waals surface area contributed by atoms with E-state index in [1.165, 1.54) is 12.1 Å². The summed E-state index contributed by atoms with van der Waals surface area (Å²) in [6.07, 6.45) is 2.66. The predicted octanol–water partition coefficient (Wildman–Crippen LogP) is 2.02. The second-order valence-corrected chi connectivity index (χ2v) is 8.10. The van der Waals surface area contributed by atoms with Crippen molar-refractivity contribution in [2.75, 3.05) is 7.05 Å². The van der Waals surface area contributed by atoms with Gasteiger partial charge in [0.25, 0.3) is 10.0 Å². The SMILES string of the molecule is Cc1ccc(S(=O)(=O)NC(=O)ON=C2CC3CCC(C2)N3C)cc1. The Labute approximate surface area is 141 Å². The molecule has 0 aromatic heterocycles. The Morgan fingerprint density at radius 2 is 1.79 bits per heavy atom. The van der Waals surface area contributed by atoms with Crippen molar-refractivity contribution >= 4 is 21.8 Å². The van der Waals surface area contributed by atoms with Crippen LogP contribution >= 0.6 is 0 Å². The van der Waals surface area contributed by atoms with Crippen LogP contribution in [0.5, 0.6) is 0 Å². The number of carbonyl (C=O) groups is 1. The van der Waals surface area contributed by atoms with Crippen molar-refractivity contribution in [3.05, 3.63) is 29.8 Å². The summed E-state index contributed by atoms with van der Waals surface area (Å²) in [5, 5.41) is 3.86. The van der Waals surface area contributed by atoms with E-state index in [1.54, 1.807) is 12.1 Å². The highest BCUT2D eigenvalue weighted by Gasteiger charge is 2.37. The lowest BCUT2D eigenvalue weighted by Gasteiger charge is -2.31. The molecular formula is C16H21N3O4S. The molecule has 2 atom stereocenters. The van der Waals surface area contributed by atoms with Crippen LogP contribution < -0.4 is 4.72 Å². The van der Waals surface area contributed by atoms with Gasteiger partial charge in [0.05, 0.1) is 10.6 Å². The van der Waals surface area contributed by atoms with E-state index in [0.29, 0.717) is 12.1 Å². The molecular weight excluding hydrogens is 330 g/mol. The monoisotopic (exact) mass is 351 g/mol. The van der Waals surface area contributed by atoms with Gasteiger partial charge in [-0.3, -0.25) is 9.74 Å². The van der Waals surface area contributed by atoms with Gasteiger partial charge in [-0.05, 0) is 38.9 Å². The first kappa shape index (κ1) is 16.9. The van der Waals surface area contributed by atoms with Crippen molar-refractivity contribution < 1.29 is 18.0 Å². The third kappa shape index (κ3) is 3.59. The van der Waals surface area contributed by atoms with Gasteiger partial charge in [-0.2, -0.15) is 0 Å². The van der Waals surface area contributed by atoms with Crippen molar-refractivity contribution in [2.45, 2.75) is 49.6 Å². The van der Waals surface area contributed by atoms with Crippen LogP contribution in [0.25, 0.3) is 0 Å². The zero-order chi connectivity index (χ0) is 17.3. The molecule has 0 aliphatic carbocycles. The Kier molecular flexibility index (Phi) is 4.60. The number of carbonyl (C=O) groups excluding carboxylic acids is 1. The van der Waals surface area contributed by atoms with E-state index < -0.39 is 16.1 Å². The molecule has 24 heavy (non-hydrogen) atoms. The van der Waals surface area contributed by atoms with Gasteiger partial charge in [-0.25, -0.2) is 17.9 Å². The molecule has 8 heteroatoms. The number of nitrogens with one attached hydrogen (secondary N) is 1. The standard InChI is InChI=1S/C16H21N3O4S/c1-11-3-7-15(8-4-11)24(21,22)18-16(20)23-17-12-9-13-5-6-14(10-12)19(13)2/h3-4,7-8,13-14H,5-6,9-10H2,1-2H3,(H,18,20). The summed E-state index contributed by atoms with van der Waals surface area (Å²) in [5.41, 5.74) is 1.74. The summed E-state index contributed by atoms with van der Waals surface area (Å²) >= 11 is 0. The number of piperidine rings is 1. The molecule has 2 aliphatic rings. The highest BCUT2D eigenvalue weighted by Crippen LogP contribution is 2.32. The minimum absolute atomic E-state index is 0.00930. The van der Waals surface area contributed by atoms with Crippen LogP contribution in [0.15, 0.2) is 34.3 Å². The number of nitrogens with zero attached hydrogens (tertiary/aromatic N) is 2. The van der Waals surface area contributed by atoms with Gasteiger partial charge < -0.3 is 0 Å². The van der Waals surface area contributed by atoms with E-state index in [1.807, 2.05) is 11.6 Å². The summed E-state index contributed by atoms with van der Waals surface area (Å²) in [6.45, 7) is 1.85. The topological polar surface area (TPSA) is 88.1 Å². The maximum atomic E-state index is 12.1. The molecule has 2 bridgehead atoms. The number of aryl methyl sites for hydroxylation is 1. The molecule has 2 saturated heterocycles. The quantitative estimate of drug-likeness (QED) is 0.665. The number of rotatable bonds is 3. The van der Waals surface area contributed by atoms with Crippen LogP contribution in [0.1, 0.15) is 31.2 Å². The summed E-state index contributed by atoms with van der Waals surface area (Å²) < 4.78 is 26.1. The molecule has 1 amide bonds. The summed E-state index contributed by atoms with van der Waals surface area (Å²) in [7, 11) is -1.85. The second kappa shape index (κ2) is 6.52. The summed E-state index contributed by atoms with van der Waals surface area (Å²) in [4.78, 5) is 18.9. The van der Waals surface area contributed by atoms with Crippen LogP contribution in [0.4, 0.5) is 4.79 Å². The van der Waals surface area contributed by atoms with Gasteiger partial charge in [0.15, 0.2) is 0 Å². The van der Waals surface area contributed by atoms with E-state index in [4.69, 9.17) is 4.84 Å². The number of benzene rings is 1. The number of hydrogen-bond acceptors (Lipinski definition) is 6. The Bertz CT molecular complexity index is 742. The lowest BCUT2D eigenvalue weighted by atomic mass is 10.0. The predicted molar refractivity (Wildman–Crippen MR) is 89.2 cm³/mol. The first-order valence-corrected chi connectivity index (χ1v) is 9.41. The molecule has 1 N–H and O–H groups in total. The lowest BCUT2D eigenvalue weighted by molar-refractivity contribution is 0.154. The average Bonchev–Trinajstić information content (AvgIpc) is 2.74. The molecule has 2 unspecified atom stereocenters. The average molecular weight is 351 g/mol. The molecule has 2 fully saturated rings. The number of amides is 1. The normalized spacial score (nSPS) is 23.8. The highest BCUT2D eigenvalue weighted by atomic mass is 32.2. The zero-order valence-corrected chi connectivity index (χ0v) is 14.5. The number of oxime groups is 1. The van der Waals surface area contributed by atoms with Gasteiger partial charge in [0.2, 0.25) is 0 Å². The first-order valence-electron chi connectivity index (χ1n) is 7.93. The maximum Gasteiger partial charge on any atom is 0.447 e. The van der Waals surface area contributed by atoms with Gasteiger partial charge in [0.1, 0.15) is 0 Å². The zero-order valence-electron chi connectivity index (χ0n) is 13.7. The summed E-state index contributed by atoms with van der Waals surface area (Å²) in [5.74, 6) is 0. The third-order valence-electron chi connectivity index (χ3n) is 4.73. The number of sulfonamides is 1. The van der Waals surface area contributed by atoms with Crippen LogP contribution in [0.2, 0.25) is 0 Å². The number of hydrogen-bond donors (Lipinski definition) is 1. The fourth-order valence-electron chi connectivity index (χ4n) is 3.29. The Morgan fingerprint density at radius 3 is 2.38 bits per heavy atom. The molecule has 2 heterocycles. The Hall–Kier alpha value is -1.93. The second-order valence-electron chi connectivity index (χ2n) is 6.41. The minimum Gasteiger partial charge on any atom is -0.300 e. The Morgan fingerprint density at radius 1 is 1.21 bits per heavy atom. The molecule has 1 aromatic carbocycles. The van der Waals surface area contributed by atoms with Crippen molar-refractivity contribution in [1.82, 2.24) is 9.62 Å². The van der Waals surface area contributed by atoms with Crippen molar-refractivity contribution in [1.29, 1.82) is 0 Å². The molecule has 1 aromatic rings. The highest BCUT2D eigenvalue weighted by molar-refractivity contribution is 7.90. The van der Waals surface area contributed by atoms with Crippen LogP contribution in [-0.4, -0.2) is 44.3 Å². The van der Waals surface area contributed by atoms with Crippen molar-refractivity contribution in [3.63, 3.8) is 0 Å². The van der Waals surface area contributed by atoms with E-state index in [9.17, 15) is 13.2 Å². The van der Waals surface area contributed by atoms with Gasteiger partial charge in [-0.15, -0.1) is 0 Å². The van der Waals surface area contributed by atoms with Gasteiger partial charge in [0, 0.05) is 24.9 Å². The lowest BCUT2D eigenvalue weighted by Crippen LogP contribution is -2.40. The van der Waals surface area contributed by atoms with E-state index >= 15 is 0 Å². The van der Waals surface area contributed by atoms with Crippen molar-refractivity contribution in [2.24, 2.45) is 5.16 Å². The van der Waals surface area contributed by atoms with E-state index in [0.717, 1.165) is 37.0 Å². The van der Waals surface area contributed by atoms with Gasteiger partial charge in [-0.1, -0.05) is 22.9 Å². The first-order chi connectivity index (χ1) is 11.3. The molecule has 3 rings (SSSR count). The molecule has 2 aliphatic heterocycles. The molecule has 0 radical (unpaired) electrons. The minimum atomic E-state index is -3.95. The molecule has 7 nitrogen and oxygen atoms in total. The third-order valence-corrected chi connectivity index (χ3v) is 6.06. The van der Waals surface area contributed by atoms with E-state index in [-0.39, 0.29) is 4.90 Å². The molecule has 0 spiro atoms. The van der Waals surface area contributed by atoms with E-state index in [2.05, 4.69) is 17.1 Å². The molecule has 0 saturated carbocycles. The number of fused-ring (bicyclic) bond motifs is 2. The fourth-order valence-corrected chi connectivity index (χ4v) is 4.16. The molecule has 130 valence electrons. The fraction of sp³-hybridized carbons (Fsp3) is 0.500. The Balaban J connectivity index is 1.60. The summed E-state index contributed by atoms with van der Waals surface area (Å²) in [6, 6.07) is 7.07. The largest absolute Gasteiger partial charge is 0.447 e. The van der Waals surface area contributed by atoms with Crippen LogP contribution in [-0.2, 0) is 14.9 Å². The van der Waals surface area contributed by atoms with Crippen molar-refractivity contribution in [3.8, 4) is 0 Å². The smallest absolute Gasteiger partial charge is 0.300 e. The van der Waals surface area contributed by atoms with Crippen LogP contribution in [0, 0.1) is 6.92 Å². The van der Waals surface area contributed by atoms with Gasteiger partial charge >= 0.3 is 6.09 Å². The maximum absolute atomic E-state index is 12.1.